The van der Waals surface area contributed by atoms with Gasteiger partial charge in [0.2, 0.25) is 0 Å². The third-order valence-corrected chi connectivity index (χ3v) is 5.62. The first-order valence-electron chi connectivity index (χ1n) is 9.04. The maximum absolute atomic E-state index is 13.3. The minimum atomic E-state index is -0.272. The number of nitrogens with zero attached hydrogens (tertiary/aromatic N) is 3. The zero-order valence-electron chi connectivity index (χ0n) is 15.2. The predicted molar refractivity (Wildman–Crippen MR) is 116 cm³/mol. The van der Waals surface area contributed by atoms with Crippen LogP contribution in [0.3, 0.4) is 0 Å². The van der Waals surface area contributed by atoms with E-state index < -0.39 is 0 Å². The predicted octanol–water partition coefficient (Wildman–Crippen LogP) is 4.84. The number of anilines is 1. The highest BCUT2D eigenvalue weighted by Gasteiger charge is 2.34. The number of thiazole rings is 1. The number of hydrogen-bond acceptors (Lipinski definition) is 5. The monoisotopic (exact) mass is 397 g/mol. The first kappa shape index (κ1) is 17.3. The summed E-state index contributed by atoms with van der Waals surface area (Å²) in [5.74, 6) is 0.352. The first-order valence-corrected chi connectivity index (χ1v) is 9.86. The number of carbonyl (C=O) groups is 1. The average Bonchev–Trinajstić information content (AvgIpc) is 3.31. The third-order valence-electron chi connectivity index (χ3n) is 4.60. The van der Waals surface area contributed by atoms with Gasteiger partial charge in [-0.3, -0.25) is 4.79 Å². The Labute approximate surface area is 170 Å². The molecule has 0 saturated heterocycles. The van der Waals surface area contributed by atoms with Gasteiger partial charge in [-0.1, -0.05) is 72.0 Å². The summed E-state index contributed by atoms with van der Waals surface area (Å²) < 4.78 is 1.00. The molecule has 1 aliphatic heterocycles. The maximum Gasteiger partial charge on any atom is 0.284 e. The number of amides is 1. The molecule has 0 bridgehead atoms. The Morgan fingerprint density at radius 3 is 2.41 bits per heavy atom. The molecule has 5 rings (SSSR count). The van der Waals surface area contributed by atoms with Crippen LogP contribution < -0.4 is 4.90 Å². The van der Waals surface area contributed by atoms with Crippen LogP contribution in [0.5, 0.6) is 5.75 Å². The van der Waals surface area contributed by atoms with E-state index in [1.165, 1.54) is 11.3 Å². The third kappa shape index (κ3) is 3.09. The molecule has 1 aromatic heterocycles. The summed E-state index contributed by atoms with van der Waals surface area (Å²) >= 11 is 1.44. The molecule has 29 heavy (non-hydrogen) atoms. The second-order valence-electron chi connectivity index (χ2n) is 6.49. The lowest BCUT2D eigenvalue weighted by atomic mass is 10.1. The lowest BCUT2D eigenvalue weighted by Gasteiger charge is -2.14. The highest BCUT2D eigenvalue weighted by molar-refractivity contribution is 7.22. The second-order valence-corrected chi connectivity index (χ2v) is 7.50. The fourth-order valence-corrected chi connectivity index (χ4v) is 4.15. The Bertz CT molecular complexity index is 1260. The number of amidine groups is 1. The quantitative estimate of drug-likeness (QED) is 0.503. The van der Waals surface area contributed by atoms with E-state index in [1.807, 2.05) is 54.6 Å². The standard InChI is InChI=1S/C23H15N3O2S/c27-19-12-6-4-10-16(19)14-18-22(28)26(21(24-18)15-8-2-1-3-9-15)23-25-17-11-5-7-13-20(17)29-23/h1-14,27H. The van der Waals surface area contributed by atoms with Crippen LogP contribution >= 0.6 is 11.3 Å². The van der Waals surface area contributed by atoms with E-state index in [4.69, 9.17) is 0 Å². The number of phenolic OH excluding ortho intramolecular Hbond substituents is 1. The lowest BCUT2D eigenvalue weighted by molar-refractivity contribution is -0.113. The molecule has 1 amide bonds. The van der Waals surface area contributed by atoms with Gasteiger partial charge in [0, 0.05) is 11.1 Å². The molecule has 6 heteroatoms. The van der Waals surface area contributed by atoms with E-state index in [0.717, 1.165) is 15.8 Å². The molecule has 1 aliphatic rings. The van der Waals surface area contributed by atoms with Crippen LogP contribution in [0.4, 0.5) is 5.13 Å². The van der Waals surface area contributed by atoms with Gasteiger partial charge in [0.05, 0.1) is 10.2 Å². The van der Waals surface area contributed by atoms with Crippen molar-refractivity contribution in [2.24, 2.45) is 4.99 Å². The highest BCUT2D eigenvalue weighted by atomic mass is 32.1. The normalized spacial score (nSPS) is 15.3. The van der Waals surface area contributed by atoms with Gasteiger partial charge < -0.3 is 5.11 Å². The van der Waals surface area contributed by atoms with Crippen molar-refractivity contribution in [1.82, 2.24) is 4.98 Å². The summed E-state index contributed by atoms with van der Waals surface area (Å²) in [5, 5.41) is 10.7. The van der Waals surface area contributed by atoms with Gasteiger partial charge in [0.1, 0.15) is 17.3 Å². The zero-order valence-corrected chi connectivity index (χ0v) is 16.0. The number of fused-ring (bicyclic) bond motifs is 1. The number of phenols is 1. The van der Waals surface area contributed by atoms with Gasteiger partial charge in [-0.15, -0.1) is 0 Å². The van der Waals surface area contributed by atoms with Crippen LogP contribution in [-0.2, 0) is 4.79 Å². The van der Waals surface area contributed by atoms with Gasteiger partial charge in [0.15, 0.2) is 5.13 Å². The summed E-state index contributed by atoms with van der Waals surface area (Å²) in [6.45, 7) is 0. The van der Waals surface area contributed by atoms with Crippen LogP contribution in [0.1, 0.15) is 11.1 Å². The Hall–Kier alpha value is -3.77. The largest absolute Gasteiger partial charge is 0.507 e. The molecular weight excluding hydrogens is 382 g/mol. The van der Waals surface area contributed by atoms with Crippen LogP contribution in [0.25, 0.3) is 16.3 Å². The molecular formula is C23H15N3O2S. The molecule has 140 valence electrons. The van der Waals surface area contributed by atoms with E-state index >= 15 is 0 Å². The van der Waals surface area contributed by atoms with Gasteiger partial charge in [-0.05, 0) is 24.3 Å². The molecule has 1 N–H and O–H groups in total. The highest BCUT2D eigenvalue weighted by Crippen LogP contribution is 2.34. The molecule has 0 spiro atoms. The van der Waals surface area contributed by atoms with Gasteiger partial charge in [-0.25, -0.2) is 14.9 Å². The molecule has 0 saturated carbocycles. The van der Waals surface area contributed by atoms with Crippen molar-refractivity contribution < 1.29 is 9.90 Å². The zero-order chi connectivity index (χ0) is 19.8. The number of hydrogen-bond donors (Lipinski definition) is 1. The summed E-state index contributed by atoms with van der Waals surface area (Å²) in [5.41, 5.74) is 2.45. The van der Waals surface area contributed by atoms with Crippen LogP contribution in [0.2, 0.25) is 0 Å². The minimum absolute atomic E-state index is 0.0997. The van der Waals surface area contributed by atoms with E-state index in [0.29, 0.717) is 16.5 Å². The Morgan fingerprint density at radius 2 is 1.62 bits per heavy atom. The first-order chi connectivity index (χ1) is 14.2. The van der Waals surface area contributed by atoms with Crippen molar-refractivity contribution >= 4 is 44.5 Å². The van der Waals surface area contributed by atoms with E-state index in [2.05, 4.69) is 9.98 Å². The Morgan fingerprint density at radius 1 is 0.897 bits per heavy atom. The molecule has 3 aromatic carbocycles. The van der Waals surface area contributed by atoms with Crippen LogP contribution in [0, 0.1) is 0 Å². The average molecular weight is 397 g/mol. The molecule has 0 aliphatic carbocycles. The fourth-order valence-electron chi connectivity index (χ4n) is 3.19. The Balaban J connectivity index is 1.66. The molecule has 2 heterocycles. The number of aromatic hydroxyl groups is 1. The molecule has 5 nitrogen and oxygen atoms in total. The molecule has 0 unspecified atom stereocenters. The number of carbonyl (C=O) groups excluding carboxylic acids is 1. The fraction of sp³-hybridized carbons (Fsp3) is 0. The number of aromatic nitrogens is 1. The number of rotatable bonds is 3. The molecule has 0 atom stereocenters. The van der Waals surface area contributed by atoms with Crippen LogP contribution in [0.15, 0.2) is 89.6 Å². The van der Waals surface area contributed by atoms with Crippen molar-refractivity contribution in [2.45, 2.75) is 0 Å². The number of aliphatic imine (C=N–C) groups is 1. The van der Waals surface area contributed by atoms with Crippen molar-refractivity contribution in [3.05, 3.63) is 95.7 Å². The van der Waals surface area contributed by atoms with Gasteiger partial charge >= 0.3 is 0 Å². The molecule has 0 radical (unpaired) electrons. The van der Waals surface area contributed by atoms with E-state index in [-0.39, 0.29) is 17.4 Å². The number of para-hydroxylation sites is 2. The SMILES string of the molecule is O=C1C(=Cc2ccccc2O)N=C(c2ccccc2)N1c1nc2ccccc2s1. The van der Waals surface area contributed by atoms with E-state index in [1.54, 1.807) is 35.2 Å². The lowest BCUT2D eigenvalue weighted by Crippen LogP contribution is -2.32. The summed E-state index contributed by atoms with van der Waals surface area (Å²) in [6.07, 6.45) is 1.61. The smallest absolute Gasteiger partial charge is 0.284 e. The van der Waals surface area contributed by atoms with Crippen LogP contribution in [-0.4, -0.2) is 21.8 Å². The summed E-state index contributed by atoms with van der Waals surface area (Å²) in [7, 11) is 0. The van der Waals surface area contributed by atoms with Crippen molar-refractivity contribution in [3.63, 3.8) is 0 Å². The van der Waals surface area contributed by atoms with Crippen molar-refractivity contribution in [1.29, 1.82) is 0 Å². The summed E-state index contributed by atoms with van der Waals surface area (Å²) in [6, 6.07) is 24.2. The van der Waals surface area contributed by atoms with Gasteiger partial charge in [0.25, 0.3) is 5.91 Å². The molecule has 0 fully saturated rings. The van der Waals surface area contributed by atoms with Crippen molar-refractivity contribution in [3.8, 4) is 5.75 Å². The topological polar surface area (TPSA) is 65.8 Å². The Kier molecular flexibility index (Phi) is 4.18. The second kappa shape index (κ2) is 7.00. The van der Waals surface area contributed by atoms with Gasteiger partial charge in [-0.2, -0.15) is 0 Å². The van der Waals surface area contributed by atoms with E-state index in [9.17, 15) is 9.90 Å². The summed E-state index contributed by atoms with van der Waals surface area (Å²) in [4.78, 5) is 24.1. The maximum atomic E-state index is 13.3. The van der Waals surface area contributed by atoms with Crippen molar-refractivity contribution in [2.75, 3.05) is 4.90 Å². The molecule has 4 aromatic rings. The number of benzene rings is 3. The minimum Gasteiger partial charge on any atom is -0.507 e.